The van der Waals surface area contributed by atoms with E-state index in [0.717, 1.165) is 37.7 Å². The number of carboxylic acids is 2. The van der Waals surface area contributed by atoms with Gasteiger partial charge in [-0.2, -0.15) is 0 Å². The van der Waals surface area contributed by atoms with Crippen molar-refractivity contribution in [2.24, 2.45) is 0 Å². The summed E-state index contributed by atoms with van der Waals surface area (Å²) < 4.78 is 0. The number of benzene rings is 1. The molecular weight excluding hydrogens is 328 g/mol. The van der Waals surface area contributed by atoms with E-state index >= 15 is 0 Å². The Kier molecular flexibility index (Phi) is 10.7. The van der Waals surface area contributed by atoms with E-state index in [1.165, 1.54) is 44.6 Å². The second kappa shape index (κ2) is 12.5. The predicted octanol–water partition coefficient (Wildman–Crippen LogP) is 6.11. The highest BCUT2D eigenvalue weighted by Crippen LogP contribution is 2.24. The molecule has 2 N–H and O–H groups in total. The van der Waals surface area contributed by atoms with Crippen molar-refractivity contribution >= 4 is 11.9 Å². The first-order valence-corrected chi connectivity index (χ1v) is 10.1. The molecule has 2 rings (SSSR count). The van der Waals surface area contributed by atoms with Crippen LogP contribution in [0.1, 0.15) is 110 Å². The van der Waals surface area contributed by atoms with E-state index in [-0.39, 0.29) is 11.1 Å². The first-order chi connectivity index (χ1) is 12.5. The Hall–Kier alpha value is -1.84. The molecule has 0 atom stereocenters. The summed E-state index contributed by atoms with van der Waals surface area (Å²) in [7, 11) is 0. The Bertz CT molecular complexity index is 562. The van der Waals surface area contributed by atoms with Gasteiger partial charge in [0.05, 0.1) is 11.1 Å². The smallest absolute Gasteiger partial charge is 0.336 e. The fourth-order valence-electron chi connectivity index (χ4n) is 3.41. The number of aryl methyl sites for hydroxylation is 1. The van der Waals surface area contributed by atoms with E-state index in [1.807, 2.05) is 6.92 Å². The van der Waals surface area contributed by atoms with Crippen LogP contribution in [0.3, 0.4) is 0 Å². The molecule has 1 aliphatic rings. The molecule has 1 aliphatic carbocycles. The quantitative estimate of drug-likeness (QED) is 0.585. The molecule has 0 aromatic heterocycles. The molecule has 1 fully saturated rings. The van der Waals surface area contributed by atoms with Gasteiger partial charge < -0.3 is 10.2 Å². The topological polar surface area (TPSA) is 74.6 Å². The zero-order valence-corrected chi connectivity index (χ0v) is 16.4. The van der Waals surface area contributed by atoms with Crippen molar-refractivity contribution in [2.75, 3.05) is 0 Å². The number of unbranched alkanes of at least 4 members (excludes halogenated alkanes) is 2. The number of aromatic carboxylic acids is 2. The molecule has 146 valence electrons. The molecule has 0 heterocycles. The SMILES string of the molecule is C1CCCCC1.CCCCc1ccc(C(=O)O)c(C(=O)O)c1CCCC. The van der Waals surface area contributed by atoms with Gasteiger partial charge in [0.1, 0.15) is 0 Å². The summed E-state index contributed by atoms with van der Waals surface area (Å²) in [4.78, 5) is 22.7. The lowest BCUT2D eigenvalue weighted by molar-refractivity contribution is 0.0650. The molecule has 0 aliphatic heterocycles. The van der Waals surface area contributed by atoms with Crippen molar-refractivity contribution in [1.29, 1.82) is 0 Å². The molecule has 0 unspecified atom stereocenters. The largest absolute Gasteiger partial charge is 0.478 e. The molecule has 0 bridgehead atoms. The van der Waals surface area contributed by atoms with Crippen molar-refractivity contribution < 1.29 is 19.8 Å². The fourth-order valence-corrected chi connectivity index (χ4v) is 3.41. The van der Waals surface area contributed by atoms with Crippen molar-refractivity contribution in [3.8, 4) is 0 Å². The lowest BCUT2D eigenvalue weighted by Crippen LogP contribution is -2.14. The summed E-state index contributed by atoms with van der Waals surface area (Å²) in [6.45, 7) is 4.11. The highest BCUT2D eigenvalue weighted by molar-refractivity contribution is 6.03. The van der Waals surface area contributed by atoms with Gasteiger partial charge in [-0.15, -0.1) is 0 Å². The second-order valence-electron chi connectivity index (χ2n) is 7.06. The van der Waals surface area contributed by atoms with Crippen LogP contribution in [0.15, 0.2) is 12.1 Å². The monoisotopic (exact) mass is 362 g/mol. The van der Waals surface area contributed by atoms with Gasteiger partial charge in [-0.05, 0) is 42.9 Å². The van der Waals surface area contributed by atoms with E-state index in [0.29, 0.717) is 12.0 Å². The Labute approximate surface area is 157 Å². The van der Waals surface area contributed by atoms with Gasteiger partial charge in [0.15, 0.2) is 0 Å². The predicted molar refractivity (Wildman–Crippen MR) is 105 cm³/mol. The number of carbonyl (C=O) groups is 2. The van der Waals surface area contributed by atoms with E-state index in [9.17, 15) is 14.7 Å². The van der Waals surface area contributed by atoms with Crippen molar-refractivity contribution in [3.63, 3.8) is 0 Å². The third kappa shape index (κ3) is 7.19. The van der Waals surface area contributed by atoms with Gasteiger partial charge in [-0.3, -0.25) is 0 Å². The van der Waals surface area contributed by atoms with Crippen LogP contribution in [0.25, 0.3) is 0 Å². The third-order valence-corrected chi connectivity index (χ3v) is 4.93. The van der Waals surface area contributed by atoms with Crippen LogP contribution in [0.5, 0.6) is 0 Å². The Morgan fingerprint density at radius 1 is 0.808 bits per heavy atom. The molecule has 4 nitrogen and oxygen atoms in total. The number of hydrogen-bond donors (Lipinski definition) is 2. The van der Waals surface area contributed by atoms with Crippen LogP contribution in [-0.2, 0) is 12.8 Å². The minimum Gasteiger partial charge on any atom is -0.478 e. The van der Waals surface area contributed by atoms with Crippen molar-refractivity contribution in [1.82, 2.24) is 0 Å². The van der Waals surface area contributed by atoms with Crippen LogP contribution in [0, 0.1) is 0 Å². The number of carboxylic acid groups (broad SMARTS) is 2. The van der Waals surface area contributed by atoms with Gasteiger partial charge >= 0.3 is 11.9 Å². The van der Waals surface area contributed by atoms with Crippen LogP contribution >= 0.6 is 0 Å². The average Bonchev–Trinajstić information content (AvgIpc) is 2.65. The molecule has 4 heteroatoms. The highest BCUT2D eigenvalue weighted by atomic mass is 16.4. The van der Waals surface area contributed by atoms with Crippen molar-refractivity contribution in [2.45, 2.75) is 90.9 Å². The summed E-state index contributed by atoms with van der Waals surface area (Å²) in [5.74, 6) is -2.32. The summed E-state index contributed by atoms with van der Waals surface area (Å²) in [5, 5.41) is 18.5. The first kappa shape index (κ1) is 22.2. The average molecular weight is 363 g/mol. The molecule has 0 spiro atoms. The van der Waals surface area contributed by atoms with Gasteiger partial charge in [0, 0.05) is 0 Å². The summed E-state index contributed by atoms with van der Waals surface area (Å²) in [6, 6.07) is 3.20. The summed E-state index contributed by atoms with van der Waals surface area (Å²) in [6.07, 6.45) is 14.2. The van der Waals surface area contributed by atoms with Crippen LogP contribution < -0.4 is 0 Å². The summed E-state index contributed by atoms with van der Waals surface area (Å²) >= 11 is 0. The molecule has 1 aromatic carbocycles. The van der Waals surface area contributed by atoms with E-state index in [1.54, 1.807) is 6.07 Å². The van der Waals surface area contributed by atoms with E-state index in [4.69, 9.17) is 5.11 Å². The minimum atomic E-state index is -1.18. The van der Waals surface area contributed by atoms with E-state index < -0.39 is 11.9 Å². The Balaban J connectivity index is 0.000000472. The maximum atomic E-state index is 11.5. The lowest BCUT2D eigenvalue weighted by atomic mass is 9.90. The zero-order valence-electron chi connectivity index (χ0n) is 16.4. The molecule has 0 saturated heterocycles. The molecule has 0 radical (unpaired) electrons. The normalized spacial score (nSPS) is 13.6. The van der Waals surface area contributed by atoms with Gasteiger partial charge in [-0.1, -0.05) is 71.3 Å². The van der Waals surface area contributed by atoms with Crippen LogP contribution in [-0.4, -0.2) is 22.2 Å². The third-order valence-electron chi connectivity index (χ3n) is 4.93. The number of rotatable bonds is 8. The molecule has 1 aromatic rings. The van der Waals surface area contributed by atoms with E-state index in [2.05, 4.69) is 6.92 Å². The van der Waals surface area contributed by atoms with Crippen LogP contribution in [0.4, 0.5) is 0 Å². The molecular formula is C22H34O4. The summed E-state index contributed by atoms with van der Waals surface area (Å²) in [5.41, 5.74) is 1.54. The van der Waals surface area contributed by atoms with Crippen LogP contribution in [0.2, 0.25) is 0 Å². The molecule has 1 saturated carbocycles. The Morgan fingerprint density at radius 2 is 1.31 bits per heavy atom. The lowest BCUT2D eigenvalue weighted by Gasteiger charge is -2.14. The standard InChI is InChI=1S/C16H22O4.C6H12/c1-3-5-7-11-9-10-13(15(17)18)14(16(19)20)12(11)8-6-4-2;1-2-4-6-5-3-1/h9-10H,3-8H2,1-2H3,(H,17,18)(H,19,20);1-6H2. The second-order valence-corrected chi connectivity index (χ2v) is 7.06. The fraction of sp³-hybridized carbons (Fsp3) is 0.636. The zero-order chi connectivity index (χ0) is 19.4. The molecule has 0 amide bonds. The van der Waals surface area contributed by atoms with Gasteiger partial charge in [-0.25, -0.2) is 9.59 Å². The highest BCUT2D eigenvalue weighted by Gasteiger charge is 2.22. The molecule has 26 heavy (non-hydrogen) atoms. The first-order valence-electron chi connectivity index (χ1n) is 10.1. The number of hydrogen-bond acceptors (Lipinski definition) is 2. The van der Waals surface area contributed by atoms with Gasteiger partial charge in [0.2, 0.25) is 0 Å². The maximum Gasteiger partial charge on any atom is 0.336 e. The van der Waals surface area contributed by atoms with Gasteiger partial charge in [0.25, 0.3) is 0 Å². The van der Waals surface area contributed by atoms with Crippen molar-refractivity contribution in [3.05, 3.63) is 34.4 Å². The minimum absolute atomic E-state index is 0.0282. The Morgan fingerprint density at radius 3 is 1.73 bits per heavy atom. The maximum absolute atomic E-state index is 11.5.